The fourth-order valence-electron chi connectivity index (χ4n) is 3.76. The smallest absolute Gasteiger partial charge is 0.263 e. The lowest BCUT2D eigenvalue weighted by atomic mass is 9.94. The van der Waals surface area contributed by atoms with Gasteiger partial charge in [-0.05, 0) is 31.9 Å². The number of piperazine rings is 1. The molecule has 4 nitrogen and oxygen atoms in total. The maximum atomic E-state index is 12.6. The topological polar surface area (TPSA) is 32.8 Å². The van der Waals surface area contributed by atoms with Gasteiger partial charge in [0.15, 0.2) is 6.10 Å². The van der Waals surface area contributed by atoms with Gasteiger partial charge in [-0.1, -0.05) is 37.5 Å². The van der Waals surface area contributed by atoms with Crippen LogP contribution in [0.4, 0.5) is 0 Å². The molecule has 4 heteroatoms. The van der Waals surface area contributed by atoms with Gasteiger partial charge < -0.3 is 9.64 Å². The summed E-state index contributed by atoms with van der Waals surface area (Å²) in [7, 11) is 0. The molecule has 0 radical (unpaired) electrons. The number of amides is 1. The van der Waals surface area contributed by atoms with Crippen LogP contribution in [-0.4, -0.2) is 54.0 Å². The van der Waals surface area contributed by atoms with Gasteiger partial charge in [-0.15, -0.1) is 0 Å². The van der Waals surface area contributed by atoms with Crippen molar-refractivity contribution >= 4 is 5.91 Å². The second-order valence-electron chi connectivity index (χ2n) is 6.73. The van der Waals surface area contributed by atoms with Gasteiger partial charge in [0.25, 0.3) is 5.91 Å². The number of ether oxygens (including phenoxy) is 1. The average molecular weight is 316 g/mol. The second-order valence-corrected chi connectivity index (χ2v) is 6.73. The first-order valence-corrected chi connectivity index (χ1v) is 8.98. The van der Waals surface area contributed by atoms with Crippen LogP contribution >= 0.6 is 0 Å². The Balaban J connectivity index is 1.47. The van der Waals surface area contributed by atoms with E-state index in [0.717, 1.165) is 38.0 Å². The average Bonchev–Trinajstić information content (AvgIpc) is 2.63. The zero-order valence-corrected chi connectivity index (χ0v) is 14.1. The van der Waals surface area contributed by atoms with Gasteiger partial charge in [0.2, 0.25) is 0 Å². The Morgan fingerprint density at radius 1 is 1.04 bits per heavy atom. The van der Waals surface area contributed by atoms with Crippen LogP contribution in [0.3, 0.4) is 0 Å². The van der Waals surface area contributed by atoms with Gasteiger partial charge in [0.1, 0.15) is 5.75 Å². The SMILES string of the molecule is C[C@H](Oc1ccccc1)C(=O)N1CCN(C2CCCCC2)CC1. The number of nitrogens with zero attached hydrogens (tertiary/aromatic N) is 2. The second kappa shape index (κ2) is 7.82. The molecule has 1 heterocycles. The maximum Gasteiger partial charge on any atom is 0.263 e. The fourth-order valence-corrected chi connectivity index (χ4v) is 3.76. The number of hydrogen-bond donors (Lipinski definition) is 0. The minimum Gasteiger partial charge on any atom is -0.481 e. The molecule has 1 amide bonds. The molecule has 0 aromatic heterocycles. The number of rotatable bonds is 4. The van der Waals surface area contributed by atoms with Gasteiger partial charge in [-0.2, -0.15) is 0 Å². The van der Waals surface area contributed by atoms with Crippen molar-refractivity contribution in [2.75, 3.05) is 26.2 Å². The van der Waals surface area contributed by atoms with E-state index in [1.807, 2.05) is 42.2 Å². The third-order valence-corrected chi connectivity index (χ3v) is 5.12. The molecule has 0 bridgehead atoms. The van der Waals surface area contributed by atoms with Gasteiger partial charge in [-0.25, -0.2) is 0 Å². The summed E-state index contributed by atoms with van der Waals surface area (Å²) in [6.45, 7) is 5.53. The van der Waals surface area contributed by atoms with Crippen molar-refractivity contribution in [3.63, 3.8) is 0 Å². The van der Waals surface area contributed by atoms with E-state index >= 15 is 0 Å². The first-order chi connectivity index (χ1) is 11.2. The van der Waals surface area contributed by atoms with Crippen LogP contribution in [0.5, 0.6) is 5.75 Å². The molecule has 0 N–H and O–H groups in total. The summed E-state index contributed by atoms with van der Waals surface area (Å²) in [5.41, 5.74) is 0. The molecule has 0 spiro atoms. The first kappa shape index (κ1) is 16.3. The Kier molecular flexibility index (Phi) is 5.55. The highest BCUT2D eigenvalue weighted by Crippen LogP contribution is 2.23. The summed E-state index contributed by atoms with van der Waals surface area (Å²) in [5.74, 6) is 0.867. The Morgan fingerprint density at radius 3 is 2.35 bits per heavy atom. The van der Waals surface area contributed by atoms with Gasteiger partial charge in [0, 0.05) is 32.2 Å². The number of hydrogen-bond acceptors (Lipinski definition) is 3. The molecule has 1 aliphatic heterocycles. The highest BCUT2D eigenvalue weighted by atomic mass is 16.5. The number of carbonyl (C=O) groups is 1. The van der Waals surface area contributed by atoms with Crippen molar-refractivity contribution in [1.29, 1.82) is 0 Å². The number of benzene rings is 1. The van der Waals surface area contributed by atoms with Crippen LogP contribution in [0.1, 0.15) is 39.0 Å². The minimum absolute atomic E-state index is 0.108. The first-order valence-electron chi connectivity index (χ1n) is 8.98. The van der Waals surface area contributed by atoms with Crippen molar-refractivity contribution in [2.45, 2.75) is 51.2 Å². The van der Waals surface area contributed by atoms with E-state index in [0.29, 0.717) is 0 Å². The predicted octanol–water partition coefficient (Wildman–Crippen LogP) is 2.93. The molecule has 126 valence electrons. The van der Waals surface area contributed by atoms with E-state index in [-0.39, 0.29) is 5.91 Å². The summed E-state index contributed by atoms with van der Waals surface area (Å²) < 4.78 is 5.77. The maximum absolute atomic E-state index is 12.6. The lowest BCUT2D eigenvalue weighted by molar-refractivity contribution is -0.140. The molecule has 1 atom stereocenters. The van der Waals surface area contributed by atoms with Crippen molar-refractivity contribution in [3.8, 4) is 5.75 Å². The zero-order valence-electron chi connectivity index (χ0n) is 14.1. The lowest BCUT2D eigenvalue weighted by Gasteiger charge is -2.41. The Morgan fingerprint density at radius 2 is 1.70 bits per heavy atom. The molecule has 1 saturated heterocycles. The lowest BCUT2D eigenvalue weighted by Crippen LogP contribution is -2.54. The molecule has 1 aromatic carbocycles. The Bertz CT molecular complexity index is 491. The van der Waals surface area contributed by atoms with Crippen LogP contribution in [0.25, 0.3) is 0 Å². The normalized spacial score (nSPS) is 21.9. The molecular weight excluding hydrogens is 288 g/mol. The Labute approximate surface area is 139 Å². The third-order valence-electron chi connectivity index (χ3n) is 5.12. The molecule has 3 rings (SSSR count). The van der Waals surface area contributed by atoms with E-state index in [1.165, 1.54) is 32.1 Å². The molecule has 1 aliphatic carbocycles. The molecular formula is C19H28N2O2. The molecule has 1 aromatic rings. The monoisotopic (exact) mass is 316 g/mol. The van der Waals surface area contributed by atoms with E-state index < -0.39 is 6.10 Å². The summed E-state index contributed by atoms with van der Waals surface area (Å²) in [6.07, 6.45) is 6.38. The van der Waals surface area contributed by atoms with Crippen molar-refractivity contribution in [3.05, 3.63) is 30.3 Å². The molecule has 2 fully saturated rings. The largest absolute Gasteiger partial charge is 0.481 e. The van der Waals surface area contributed by atoms with Crippen LogP contribution in [-0.2, 0) is 4.79 Å². The summed E-state index contributed by atoms with van der Waals surface area (Å²) in [6, 6.07) is 10.3. The van der Waals surface area contributed by atoms with Gasteiger partial charge in [0.05, 0.1) is 0 Å². The highest BCUT2D eigenvalue weighted by molar-refractivity contribution is 5.81. The summed E-state index contributed by atoms with van der Waals surface area (Å²) >= 11 is 0. The van der Waals surface area contributed by atoms with Gasteiger partial charge in [-0.3, -0.25) is 9.69 Å². The van der Waals surface area contributed by atoms with Crippen LogP contribution in [0.15, 0.2) is 30.3 Å². The number of carbonyl (C=O) groups excluding carboxylic acids is 1. The highest BCUT2D eigenvalue weighted by Gasteiger charge is 2.29. The number of para-hydroxylation sites is 1. The van der Waals surface area contributed by atoms with E-state index in [1.54, 1.807) is 0 Å². The van der Waals surface area contributed by atoms with Crippen LogP contribution in [0, 0.1) is 0 Å². The Hall–Kier alpha value is -1.55. The van der Waals surface area contributed by atoms with Crippen molar-refractivity contribution in [1.82, 2.24) is 9.80 Å². The zero-order chi connectivity index (χ0) is 16.1. The van der Waals surface area contributed by atoms with Crippen LogP contribution in [0.2, 0.25) is 0 Å². The molecule has 23 heavy (non-hydrogen) atoms. The predicted molar refractivity (Wildman–Crippen MR) is 91.6 cm³/mol. The van der Waals surface area contributed by atoms with E-state index in [9.17, 15) is 4.79 Å². The van der Waals surface area contributed by atoms with E-state index in [2.05, 4.69) is 4.90 Å². The summed E-state index contributed by atoms with van der Waals surface area (Å²) in [4.78, 5) is 17.1. The van der Waals surface area contributed by atoms with Gasteiger partial charge >= 0.3 is 0 Å². The third kappa shape index (κ3) is 4.25. The molecule has 2 aliphatic rings. The molecule has 1 saturated carbocycles. The summed E-state index contributed by atoms with van der Waals surface area (Å²) in [5, 5.41) is 0. The quantitative estimate of drug-likeness (QED) is 0.856. The fraction of sp³-hybridized carbons (Fsp3) is 0.632. The minimum atomic E-state index is -0.418. The van der Waals surface area contributed by atoms with Crippen LogP contribution < -0.4 is 4.74 Å². The van der Waals surface area contributed by atoms with Crippen molar-refractivity contribution in [2.24, 2.45) is 0 Å². The standard InChI is InChI=1S/C19H28N2O2/c1-16(23-18-10-6-3-7-11-18)19(22)21-14-12-20(13-15-21)17-8-4-2-5-9-17/h3,6-7,10-11,16-17H,2,4-5,8-9,12-15H2,1H3/t16-/m0/s1. The van der Waals surface area contributed by atoms with E-state index in [4.69, 9.17) is 4.74 Å². The van der Waals surface area contributed by atoms with Crippen molar-refractivity contribution < 1.29 is 9.53 Å². The molecule has 0 unspecified atom stereocenters.